The highest BCUT2D eigenvalue weighted by atomic mass is 16.7. The van der Waals surface area contributed by atoms with Gasteiger partial charge in [0.15, 0.2) is 6.04 Å². The van der Waals surface area contributed by atoms with Crippen LogP contribution in [-0.2, 0) is 0 Å². The molecule has 1 atom stereocenters. The first kappa shape index (κ1) is 19.1. The molecule has 0 heterocycles. The number of rotatable bonds is 6. The molecule has 1 unspecified atom stereocenters. The monoisotopic (exact) mass is 367 g/mol. The molecular formula is C6H5N7O12. The van der Waals surface area contributed by atoms with Crippen molar-refractivity contribution in [3.8, 4) is 0 Å². The fourth-order valence-corrected chi connectivity index (χ4v) is 2.60. The van der Waals surface area contributed by atoms with Crippen molar-refractivity contribution in [1.82, 2.24) is 0 Å². The second kappa shape index (κ2) is 5.33. The highest BCUT2D eigenvalue weighted by Crippen LogP contribution is 2.47. The lowest BCUT2D eigenvalue weighted by Gasteiger charge is -2.30. The first-order valence-corrected chi connectivity index (χ1v) is 5.61. The molecule has 1 rings (SSSR count). The molecule has 0 aromatic carbocycles. The van der Waals surface area contributed by atoms with Crippen molar-refractivity contribution in [1.29, 1.82) is 0 Å². The van der Waals surface area contributed by atoms with Crippen LogP contribution in [0.25, 0.3) is 0 Å². The maximum absolute atomic E-state index is 11.4. The van der Waals surface area contributed by atoms with Crippen molar-refractivity contribution in [2.24, 2.45) is 5.73 Å². The van der Waals surface area contributed by atoms with Gasteiger partial charge in [-0.05, 0) is 6.08 Å². The average molecular weight is 367 g/mol. The minimum Gasteiger partial charge on any atom is -0.312 e. The maximum atomic E-state index is 11.4. The third kappa shape index (κ3) is 1.71. The lowest BCUT2D eigenvalue weighted by molar-refractivity contribution is -1.00. The molecule has 0 bridgehead atoms. The maximum Gasteiger partial charge on any atom is 0.738 e. The normalized spacial score (nSPS) is 22.5. The molecule has 0 aliphatic heterocycles. The number of nitrogens with two attached hydrogens (primary N) is 1. The third-order valence-electron chi connectivity index (χ3n) is 3.67. The van der Waals surface area contributed by atoms with Crippen molar-refractivity contribution < 1.29 is 29.5 Å². The van der Waals surface area contributed by atoms with Crippen molar-refractivity contribution in [3.63, 3.8) is 0 Å². The smallest absolute Gasteiger partial charge is 0.312 e. The molecule has 0 saturated carbocycles. The first-order valence-electron chi connectivity index (χ1n) is 5.61. The Bertz CT molecular complexity index is 700. The molecule has 0 amide bonds. The van der Waals surface area contributed by atoms with E-state index in [1.165, 1.54) is 0 Å². The van der Waals surface area contributed by atoms with E-state index in [0.717, 1.165) is 0 Å². The molecule has 2 N–H and O–H groups in total. The number of hydrogen-bond acceptors (Lipinski definition) is 13. The zero-order chi connectivity index (χ0) is 20.0. The van der Waals surface area contributed by atoms with Crippen LogP contribution in [0.15, 0.2) is 12.2 Å². The van der Waals surface area contributed by atoms with Gasteiger partial charge in [0.2, 0.25) is 0 Å². The van der Waals surface area contributed by atoms with Crippen LogP contribution in [0.5, 0.6) is 0 Å². The molecule has 0 fully saturated rings. The van der Waals surface area contributed by atoms with E-state index in [9.17, 15) is 60.7 Å². The van der Waals surface area contributed by atoms with Crippen LogP contribution in [0, 0.1) is 60.7 Å². The van der Waals surface area contributed by atoms with Gasteiger partial charge in [0, 0.05) is 0 Å². The minimum atomic E-state index is -5.20. The van der Waals surface area contributed by atoms with Gasteiger partial charge < -0.3 is 5.73 Å². The second-order valence-electron chi connectivity index (χ2n) is 4.55. The van der Waals surface area contributed by atoms with Crippen LogP contribution >= 0.6 is 0 Å². The van der Waals surface area contributed by atoms with Crippen molar-refractivity contribution in [3.05, 3.63) is 72.8 Å². The predicted octanol–water partition coefficient (Wildman–Crippen LogP) is -2.37. The number of nitrogens with zero attached hydrogens (tertiary/aromatic N) is 6. The Balaban J connectivity index is 4.42. The highest BCUT2D eigenvalue weighted by Gasteiger charge is 3.12. The van der Waals surface area contributed by atoms with Crippen LogP contribution in [0.4, 0.5) is 0 Å². The van der Waals surface area contributed by atoms with E-state index < -0.39 is 52.6 Å². The van der Waals surface area contributed by atoms with E-state index >= 15 is 0 Å². The van der Waals surface area contributed by atoms with Crippen molar-refractivity contribution in [2.75, 3.05) is 0 Å². The molecule has 1 aliphatic carbocycles. The van der Waals surface area contributed by atoms with Crippen molar-refractivity contribution in [2.45, 2.75) is 23.0 Å². The van der Waals surface area contributed by atoms with Gasteiger partial charge in [0.05, 0.1) is 6.08 Å². The largest absolute Gasteiger partial charge is 0.738 e. The van der Waals surface area contributed by atoms with Gasteiger partial charge in [-0.25, -0.2) is 0 Å². The van der Waals surface area contributed by atoms with Gasteiger partial charge in [-0.15, -0.1) is 0 Å². The number of nitro groups is 6. The Morgan fingerprint density at radius 1 is 0.680 bits per heavy atom. The summed E-state index contributed by atoms with van der Waals surface area (Å²) in [7, 11) is 0. The molecule has 0 aromatic heterocycles. The van der Waals surface area contributed by atoms with Crippen LogP contribution in [0.3, 0.4) is 0 Å². The molecule has 0 saturated heterocycles. The third-order valence-corrected chi connectivity index (χ3v) is 3.67. The van der Waals surface area contributed by atoms with Gasteiger partial charge >= 0.3 is 17.0 Å². The van der Waals surface area contributed by atoms with E-state index in [2.05, 4.69) is 0 Å². The molecule has 1 aliphatic rings. The molecule has 0 radical (unpaired) electrons. The zero-order valence-electron chi connectivity index (χ0n) is 11.4. The minimum absolute atomic E-state index is 0.00243. The molecule has 19 heteroatoms. The van der Waals surface area contributed by atoms with Gasteiger partial charge in [-0.2, -0.15) is 0 Å². The molecule has 19 nitrogen and oxygen atoms in total. The quantitative estimate of drug-likeness (QED) is 0.222. The summed E-state index contributed by atoms with van der Waals surface area (Å²) < 4.78 is 0. The van der Waals surface area contributed by atoms with Gasteiger partial charge in [-0.3, -0.25) is 60.7 Å². The summed E-state index contributed by atoms with van der Waals surface area (Å²) in [4.78, 5) is 54.1. The molecule has 136 valence electrons. The van der Waals surface area contributed by atoms with Crippen molar-refractivity contribution >= 4 is 0 Å². The highest BCUT2D eigenvalue weighted by molar-refractivity contribution is 5.20. The van der Waals surface area contributed by atoms with Crippen LogP contribution in [0.1, 0.15) is 0 Å². The summed E-state index contributed by atoms with van der Waals surface area (Å²) in [5.41, 5.74) is -9.58. The number of hydrogen-bond donors (Lipinski definition) is 1. The standard InChI is InChI=1S/C6H5N7O12/c7-3-1-2-4(8(14)15,9(16)17)6(12(22)23,13(24)25)5(3,10(18)19)11(20)21/h1-3H,7H2. The predicted molar refractivity (Wildman–Crippen MR) is 67.3 cm³/mol. The summed E-state index contributed by atoms with van der Waals surface area (Å²) in [5.74, 6) is 0. The van der Waals surface area contributed by atoms with E-state index in [4.69, 9.17) is 5.73 Å². The SMILES string of the molecule is NC1C=CC([N+](=O)[O-])([N+](=O)[O-])C([N+](=O)[O-])([N+](=O)[O-])C1([N+](=O)[O-])[N+](=O)[O-]. The average Bonchev–Trinajstić information content (AvgIpc) is 2.44. The Kier molecular flexibility index (Phi) is 4.08. The lowest BCUT2D eigenvalue weighted by atomic mass is 9.73. The second-order valence-corrected chi connectivity index (χ2v) is 4.55. The summed E-state index contributed by atoms with van der Waals surface area (Å²) >= 11 is 0. The Morgan fingerprint density at radius 3 is 1.28 bits per heavy atom. The summed E-state index contributed by atoms with van der Waals surface area (Å²) in [5, 5.41) is 67.7. The van der Waals surface area contributed by atoms with E-state index in [-0.39, 0.29) is 12.2 Å². The van der Waals surface area contributed by atoms with E-state index in [1.54, 1.807) is 0 Å². The van der Waals surface area contributed by atoms with Crippen LogP contribution in [0.2, 0.25) is 0 Å². The molecular weight excluding hydrogens is 362 g/mol. The fraction of sp³-hybridized carbons (Fsp3) is 0.667. The fourth-order valence-electron chi connectivity index (χ4n) is 2.60. The Labute approximate surface area is 132 Å². The van der Waals surface area contributed by atoms with Gasteiger partial charge in [-0.1, -0.05) is 0 Å². The molecule has 0 spiro atoms. The summed E-state index contributed by atoms with van der Waals surface area (Å²) in [6, 6.07) is -2.78. The summed E-state index contributed by atoms with van der Waals surface area (Å²) in [6.45, 7) is 0. The van der Waals surface area contributed by atoms with Gasteiger partial charge in [0.1, 0.15) is 29.5 Å². The van der Waals surface area contributed by atoms with Crippen LogP contribution in [-0.4, -0.2) is 52.6 Å². The summed E-state index contributed by atoms with van der Waals surface area (Å²) in [6.07, 6.45) is -0.336. The Morgan fingerprint density at radius 2 is 1.04 bits per heavy atom. The lowest BCUT2D eigenvalue weighted by Crippen LogP contribution is -2.88. The Hall–Kier alpha value is -3.90. The van der Waals surface area contributed by atoms with E-state index in [0.29, 0.717) is 0 Å². The van der Waals surface area contributed by atoms with Crippen LogP contribution < -0.4 is 5.73 Å². The van der Waals surface area contributed by atoms with Gasteiger partial charge in [0.25, 0.3) is 0 Å². The zero-order valence-corrected chi connectivity index (χ0v) is 11.4. The van der Waals surface area contributed by atoms with E-state index in [1.807, 2.05) is 0 Å². The molecule has 0 aromatic rings. The topological polar surface area (TPSA) is 285 Å². The first-order chi connectivity index (χ1) is 11.3. The molecule has 25 heavy (non-hydrogen) atoms.